The van der Waals surface area contributed by atoms with Gasteiger partial charge in [-0.15, -0.1) is 0 Å². The van der Waals surface area contributed by atoms with E-state index >= 15 is 0 Å². The van der Waals surface area contributed by atoms with Gasteiger partial charge in [0.2, 0.25) is 20.0 Å². The molecule has 1 atom stereocenters. The monoisotopic (exact) mass is 336 g/mol. The Balaban J connectivity index is 3.12. The van der Waals surface area contributed by atoms with E-state index < -0.39 is 25.6 Å². The Morgan fingerprint density at radius 3 is 1.81 bits per heavy atom. The predicted octanol–water partition coefficient (Wildman–Crippen LogP) is 0.0340. The van der Waals surface area contributed by atoms with Crippen molar-refractivity contribution >= 4 is 20.0 Å². The number of sulfonamides is 2. The Morgan fingerprint density at radius 1 is 1.05 bits per heavy atom. The zero-order chi connectivity index (χ0) is 16.3. The fraction of sp³-hybridized carbons (Fsp3) is 0.500. The molecule has 3 N–H and O–H groups in total. The summed E-state index contributed by atoms with van der Waals surface area (Å²) in [4.78, 5) is -0.0879. The molecule has 1 aromatic carbocycles. The summed E-state index contributed by atoms with van der Waals surface area (Å²) < 4.78 is 52.1. The van der Waals surface area contributed by atoms with E-state index in [0.717, 1.165) is 0 Å². The van der Waals surface area contributed by atoms with Crippen molar-refractivity contribution in [2.45, 2.75) is 35.6 Å². The highest BCUT2D eigenvalue weighted by Crippen LogP contribution is 2.17. The summed E-state index contributed by atoms with van der Waals surface area (Å²) in [5.41, 5.74) is -0.964. The molecule has 0 aromatic heterocycles. The van der Waals surface area contributed by atoms with Crippen LogP contribution in [0.25, 0.3) is 0 Å². The topological polar surface area (TPSA) is 113 Å². The molecule has 0 aliphatic rings. The zero-order valence-corrected chi connectivity index (χ0v) is 13.8. The first-order valence-electron chi connectivity index (χ1n) is 6.28. The van der Waals surface area contributed by atoms with E-state index in [9.17, 15) is 21.9 Å². The molecule has 0 saturated heterocycles. The maximum Gasteiger partial charge on any atom is 0.241 e. The van der Waals surface area contributed by atoms with Gasteiger partial charge in [-0.1, -0.05) is 6.92 Å². The number of aliphatic hydroxyl groups is 1. The molecule has 0 fully saturated rings. The second-order valence-corrected chi connectivity index (χ2v) is 8.43. The Kier molecular flexibility index (Phi) is 5.51. The van der Waals surface area contributed by atoms with Gasteiger partial charge in [-0.3, -0.25) is 0 Å². The van der Waals surface area contributed by atoms with Crippen LogP contribution in [-0.2, 0) is 20.0 Å². The summed E-state index contributed by atoms with van der Waals surface area (Å²) >= 11 is 0. The van der Waals surface area contributed by atoms with Gasteiger partial charge in [0.05, 0.1) is 21.9 Å². The molecule has 0 aliphatic carbocycles. The zero-order valence-electron chi connectivity index (χ0n) is 12.1. The average molecular weight is 336 g/mol. The standard InChI is InChI=1S/C12H20N2O5S2/c1-4-12(2,9-15)14-21(18,19)11-7-5-10(6-8-11)20(16,17)13-3/h5-8,13-15H,4,9H2,1-3H3. The van der Waals surface area contributed by atoms with Crippen molar-refractivity contribution in [2.75, 3.05) is 13.7 Å². The summed E-state index contributed by atoms with van der Waals surface area (Å²) in [6.45, 7) is 3.00. The Morgan fingerprint density at radius 2 is 1.48 bits per heavy atom. The molecule has 120 valence electrons. The van der Waals surface area contributed by atoms with Gasteiger partial charge >= 0.3 is 0 Å². The Bertz CT molecular complexity index is 677. The normalized spacial score (nSPS) is 15.6. The van der Waals surface area contributed by atoms with Crippen LogP contribution >= 0.6 is 0 Å². The van der Waals surface area contributed by atoms with Gasteiger partial charge in [0.25, 0.3) is 0 Å². The first-order chi connectivity index (χ1) is 9.60. The molecule has 21 heavy (non-hydrogen) atoms. The van der Waals surface area contributed by atoms with Crippen LogP contribution in [0.4, 0.5) is 0 Å². The van der Waals surface area contributed by atoms with Crippen molar-refractivity contribution in [1.29, 1.82) is 0 Å². The lowest BCUT2D eigenvalue weighted by molar-refractivity contribution is 0.191. The number of benzene rings is 1. The Labute approximate surface area is 125 Å². The van der Waals surface area contributed by atoms with Gasteiger partial charge in [-0.25, -0.2) is 26.3 Å². The van der Waals surface area contributed by atoms with Crippen molar-refractivity contribution in [3.63, 3.8) is 0 Å². The van der Waals surface area contributed by atoms with Crippen molar-refractivity contribution in [1.82, 2.24) is 9.44 Å². The Hall–Kier alpha value is -1.00. The van der Waals surface area contributed by atoms with E-state index in [1.165, 1.54) is 31.3 Å². The fourth-order valence-electron chi connectivity index (χ4n) is 1.52. The molecule has 9 heteroatoms. The molecule has 7 nitrogen and oxygen atoms in total. The van der Waals surface area contributed by atoms with E-state index in [2.05, 4.69) is 9.44 Å². The van der Waals surface area contributed by atoms with E-state index in [1.54, 1.807) is 13.8 Å². The van der Waals surface area contributed by atoms with Crippen molar-refractivity contribution < 1.29 is 21.9 Å². The highest BCUT2D eigenvalue weighted by molar-refractivity contribution is 7.90. The first-order valence-corrected chi connectivity index (χ1v) is 9.25. The number of hydrogen-bond acceptors (Lipinski definition) is 5. The molecular weight excluding hydrogens is 316 g/mol. The minimum Gasteiger partial charge on any atom is -0.394 e. The second kappa shape index (κ2) is 6.41. The van der Waals surface area contributed by atoms with Crippen LogP contribution in [0.5, 0.6) is 0 Å². The second-order valence-electron chi connectivity index (χ2n) is 4.86. The van der Waals surface area contributed by atoms with Crippen LogP contribution in [0.15, 0.2) is 34.1 Å². The summed E-state index contributed by atoms with van der Waals surface area (Å²) in [6, 6.07) is 4.84. The molecule has 0 bridgehead atoms. The molecule has 0 saturated carbocycles. The third kappa shape index (κ3) is 4.24. The van der Waals surface area contributed by atoms with E-state index in [1.807, 2.05) is 0 Å². The smallest absolute Gasteiger partial charge is 0.241 e. The molecule has 1 rings (SSSR count). The number of nitrogens with one attached hydrogen (secondary N) is 2. The van der Waals surface area contributed by atoms with Crippen molar-refractivity contribution in [3.8, 4) is 0 Å². The van der Waals surface area contributed by atoms with Gasteiger partial charge in [0.1, 0.15) is 0 Å². The third-order valence-corrected chi connectivity index (χ3v) is 6.31. The molecule has 0 aliphatic heterocycles. The highest BCUT2D eigenvalue weighted by atomic mass is 32.2. The van der Waals surface area contributed by atoms with E-state index in [4.69, 9.17) is 0 Å². The maximum absolute atomic E-state index is 12.2. The van der Waals surface area contributed by atoms with Gasteiger partial charge in [-0.05, 0) is 44.7 Å². The van der Waals surface area contributed by atoms with Gasteiger partial charge in [-0.2, -0.15) is 0 Å². The lowest BCUT2D eigenvalue weighted by Crippen LogP contribution is -2.48. The molecule has 1 unspecified atom stereocenters. The average Bonchev–Trinajstić information content (AvgIpc) is 2.46. The molecule has 0 heterocycles. The van der Waals surface area contributed by atoms with Crippen molar-refractivity contribution in [2.24, 2.45) is 0 Å². The van der Waals surface area contributed by atoms with E-state index in [-0.39, 0.29) is 16.4 Å². The van der Waals surface area contributed by atoms with Crippen molar-refractivity contribution in [3.05, 3.63) is 24.3 Å². The maximum atomic E-state index is 12.2. The van der Waals surface area contributed by atoms with E-state index in [0.29, 0.717) is 6.42 Å². The summed E-state index contributed by atoms with van der Waals surface area (Å²) in [5, 5.41) is 9.26. The SMILES string of the molecule is CCC(C)(CO)NS(=O)(=O)c1ccc(S(=O)(=O)NC)cc1. The molecule has 0 radical (unpaired) electrons. The van der Waals surface area contributed by atoms with Crippen LogP contribution in [0.1, 0.15) is 20.3 Å². The third-order valence-electron chi connectivity index (χ3n) is 3.22. The lowest BCUT2D eigenvalue weighted by Gasteiger charge is -2.26. The summed E-state index contributed by atoms with van der Waals surface area (Å²) in [6.07, 6.45) is 0.412. The van der Waals surface area contributed by atoms with Gasteiger partial charge < -0.3 is 5.11 Å². The van der Waals surface area contributed by atoms with Gasteiger partial charge in [0.15, 0.2) is 0 Å². The summed E-state index contributed by atoms with van der Waals surface area (Å²) in [7, 11) is -6.17. The number of rotatable bonds is 7. The minimum absolute atomic E-state index is 0.0237. The summed E-state index contributed by atoms with van der Waals surface area (Å²) in [5.74, 6) is 0. The largest absolute Gasteiger partial charge is 0.394 e. The molecule has 1 aromatic rings. The van der Waals surface area contributed by atoms with Crippen LogP contribution < -0.4 is 9.44 Å². The highest BCUT2D eigenvalue weighted by Gasteiger charge is 2.28. The van der Waals surface area contributed by atoms with Gasteiger partial charge in [0, 0.05) is 0 Å². The molecule has 0 amide bonds. The quantitative estimate of drug-likeness (QED) is 0.650. The molecular formula is C12H20N2O5S2. The predicted molar refractivity (Wildman–Crippen MR) is 78.8 cm³/mol. The number of hydrogen-bond donors (Lipinski definition) is 3. The molecule has 0 spiro atoms. The lowest BCUT2D eigenvalue weighted by atomic mass is 10.0. The first kappa shape index (κ1) is 18.1. The fourth-order valence-corrected chi connectivity index (χ4v) is 3.72. The van der Waals surface area contributed by atoms with Crippen LogP contribution in [0.3, 0.4) is 0 Å². The number of aliphatic hydroxyl groups excluding tert-OH is 1. The van der Waals surface area contributed by atoms with Crippen LogP contribution in [0, 0.1) is 0 Å². The van der Waals surface area contributed by atoms with Crippen LogP contribution in [-0.4, -0.2) is 41.1 Å². The van der Waals surface area contributed by atoms with Crippen LogP contribution in [0.2, 0.25) is 0 Å². The minimum atomic E-state index is -3.84.